The molecule has 3 aromatic carbocycles. The van der Waals surface area contributed by atoms with Gasteiger partial charge >= 0.3 is 0 Å². The molecule has 0 N–H and O–H groups in total. The summed E-state index contributed by atoms with van der Waals surface area (Å²) in [6.07, 6.45) is 0. The first-order chi connectivity index (χ1) is 15.9. The molecule has 5 nitrogen and oxygen atoms in total. The number of hydrogen-bond acceptors (Lipinski definition) is 3. The number of halogens is 1. The van der Waals surface area contributed by atoms with Crippen molar-refractivity contribution in [2.45, 2.75) is 39.8 Å². The minimum absolute atomic E-state index is 0.105. The van der Waals surface area contributed by atoms with Crippen LogP contribution in [-0.4, -0.2) is 34.6 Å². The number of aliphatic imine (C=N–C) groups is 3. The normalized spacial score (nSPS) is 17.8. The van der Waals surface area contributed by atoms with E-state index in [-0.39, 0.29) is 12.1 Å². The number of nitrogens with zero attached hydrogens (tertiary/aromatic N) is 5. The Hall–Kier alpha value is -3.25. The van der Waals surface area contributed by atoms with E-state index >= 15 is 0 Å². The van der Waals surface area contributed by atoms with Crippen molar-refractivity contribution >= 4 is 50.6 Å². The Morgan fingerprint density at radius 2 is 1.18 bits per heavy atom. The summed E-state index contributed by atoms with van der Waals surface area (Å²) in [5.74, 6) is 2.36. The average Bonchev–Trinajstić information content (AvgIpc) is 3.07. The van der Waals surface area contributed by atoms with Gasteiger partial charge in [-0.05, 0) is 76.2 Å². The first-order valence-electron chi connectivity index (χ1n) is 11.1. The van der Waals surface area contributed by atoms with Crippen LogP contribution in [-0.2, 0) is 0 Å². The van der Waals surface area contributed by atoms with Crippen molar-refractivity contribution in [3.05, 3.63) is 89.4 Å². The van der Waals surface area contributed by atoms with Gasteiger partial charge in [0.1, 0.15) is 0 Å². The summed E-state index contributed by atoms with van der Waals surface area (Å²) in [6.45, 7) is 8.49. The van der Waals surface area contributed by atoms with E-state index in [0.717, 1.165) is 39.2 Å². The number of anilines is 1. The largest absolute Gasteiger partial charge is 0.291 e. The summed E-state index contributed by atoms with van der Waals surface area (Å²) in [5.41, 5.74) is 2.72. The SMILES string of the molecule is CC(C)N=C1N(c2ccc(Br)cc2)C(=Nc2ccccc2)C(=Nc2ccccc2)N1C(C)C. The van der Waals surface area contributed by atoms with E-state index in [1.165, 1.54) is 0 Å². The summed E-state index contributed by atoms with van der Waals surface area (Å²) in [4.78, 5) is 19.5. The minimum Gasteiger partial charge on any atom is -0.291 e. The second-order valence-electron chi connectivity index (χ2n) is 8.34. The van der Waals surface area contributed by atoms with Crippen molar-refractivity contribution in [1.29, 1.82) is 0 Å². The van der Waals surface area contributed by atoms with Crippen LogP contribution in [0.5, 0.6) is 0 Å². The molecule has 33 heavy (non-hydrogen) atoms. The zero-order valence-electron chi connectivity index (χ0n) is 19.4. The monoisotopic (exact) mass is 501 g/mol. The summed E-state index contributed by atoms with van der Waals surface area (Å²) in [7, 11) is 0. The molecule has 0 spiro atoms. The summed E-state index contributed by atoms with van der Waals surface area (Å²) in [6, 6.07) is 28.5. The highest BCUT2D eigenvalue weighted by atomic mass is 79.9. The van der Waals surface area contributed by atoms with Gasteiger partial charge in [0, 0.05) is 16.6 Å². The Morgan fingerprint density at radius 1 is 0.667 bits per heavy atom. The van der Waals surface area contributed by atoms with Crippen molar-refractivity contribution in [2.24, 2.45) is 15.0 Å². The molecule has 6 heteroatoms. The molecule has 0 aliphatic carbocycles. The Balaban J connectivity index is 2.00. The first-order valence-corrected chi connectivity index (χ1v) is 11.9. The lowest BCUT2D eigenvalue weighted by atomic mass is 10.3. The van der Waals surface area contributed by atoms with E-state index in [9.17, 15) is 0 Å². The molecule has 0 radical (unpaired) electrons. The van der Waals surface area contributed by atoms with E-state index in [2.05, 4.69) is 65.6 Å². The number of rotatable bonds is 5. The first kappa shape index (κ1) is 22.9. The highest BCUT2D eigenvalue weighted by Crippen LogP contribution is 2.30. The smallest absolute Gasteiger partial charge is 0.213 e. The number of guanidine groups is 1. The number of para-hydroxylation sites is 2. The number of benzene rings is 3. The lowest BCUT2D eigenvalue weighted by Crippen LogP contribution is -2.40. The van der Waals surface area contributed by atoms with Crippen LogP contribution in [0.2, 0.25) is 0 Å². The second-order valence-corrected chi connectivity index (χ2v) is 9.26. The van der Waals surface area contributed by atoms with Gasteiger partial charge < -0.3 is 0 Å². The fourth-order valence-electron chi connectivity index (χ4n) is 3.61. The van der Waals surface area contributed by atoms with Gasteiger partial charge in [0.05, 0.1) is 17.1 Å². The Labute approximate surface area is 204 Å². The molecule has 0 saturated carbocycles. The van der Waals surface area contributed by atoms with E-state index in [1.54, 1.807) is 0 Å². The predicted molar refractivity (Wildman–Crippen MR) is 143 cm³/mol. The van der Waals surface area contributed by atoms with Crippen molar-refractivity contribution in [3.63, 3.8) is 0 Å². The molecule has 0 aromatic heterocycles. The van der Waals surface area contributed by atoms with Gasteiger partial charge in [-0.3, -0.25) is 9.80 Å². The predicted octanol–water partition coefficient (Wildman–Crippen LogP) is 7.20. The van der Waals surface area contributed by atoms with Crippen LogP contribution >= 0.6 is 15.9 Å². The summed E-state index contributed by atoms with van der Waals surface area (Å²) in [5, 5.41) is 0. The van der Waals surface area contributed by atoms with Crippen LogP contribution in [0.25, 0.3) is 0 Å². The van der Waals surface area contributed by atoms with Gasteiger partial charge in [0.2, 0.25) is 5.96 Å². The quantitative estimate of drug-likeness (QED) is 0.370. The highest BCUT2D eigenvalue weighted by molar-refractivity contribution is 9.10. The molecule has 0 bridgehead atoms. The zero-order valence-corrected chi connectivity index (χ0v) is 20.9. The lowest BCUT2D eigenvalue weighted by Gasteiger charge is -2.25. The molecule has 1 aliphatic heterocycles. The third-order valence-corrected chi connectivity index (χ3v) is 5.54. The van der Waals surface area contributed by atoms with Gasteiger partial charge in [-0.15, -0.1) is 0 Å². The Bertz CT molecular complexity index is 1170. The Morgan fingerprint density at radius 3 is 1.67 bits per heavy atom. The van der Waals surface area contributed by atoms with E-state index < -0.39 is 0 Å². The molecule has 3 aromatic rings. The molecule has 0 unspecified atom stereocenters. The lowest BCUT2D eigenvalue weighted by molar-refractivity contribution is 0.504. The molecule has 1 fully saturated rings. The van der Waals surface area contributed by atoms with Crippen molar-refractivity contribution in [3.8, 4) is 0 Å². The second kappa shape index (κ2) is 10.1. The third kappa shape index (κ3) is 5.22. The van der Waals surface area contributed by atoms with E-state index in [1.807, 2.05) is 72.8 Å². The zero-order chi connectivity index (χ0) is 23.4. The van der Waals surface area contributed by atoms with Gasteiger partial charge in [0.15, 0.2) is 11.7 Å². The molecular formula is C27H28BrN5. The standard InChI is InChI=1S/C27H28BrN5/c1-19(2)29-27-32(20(3)4)25(30-22-11-7-5-8-12-22)26(31-23-13-9-6-10-14-23)33(27)24-17-15-21(28)16-18-24/h5-20H,1-4H3. The fraction of sp³-hybridized carbons (Fsp3) is 0.222. The van der Waals surface area contributed by atoms with E-state index in [0.29, 0.717) is 0 Å². The maximum absolute atomic E-state index is 5.08. The van der Waals surface area contributed by atoms with Crippen LogP contribution in [0, 0.1) is 0 Å². The van der Waals surface area contributed by atoms with Gasteiger partial charge in [-0.1, -0.05) is 52.3 Å². The van der Waals surface area contributed by atoms with Crippen molar-refractivity contribution in [1.82, 2.24) is 4.90 Å². The summed E-state index contributed by atoms with van der Waals surface area (Å²) < 4.78 is 1.02. The molecule has 1 saturated heterocycles. The van der Waals surface area contributed by atoms with Crippen LogP contribution in [0.4, 0.5) is 17.1 Å². The van der Waals surface area contributed by atoms with Crippen molar-refractivity contribution < 1.29 is 0 Å². The molecule has 4 rings (SSSR count). The van der Waals surface area contributed by atoms with Gasteiger partial charge in [-0.25, -0.2) is 15.0 Å². The van der Waals surface area contributed by atoms with Crippen LogP contribution in [0.1, 0.15) is 27.7 Å². The summed E-state index contributed by atoms with van der Waals surface area (Å²) >= 11 is 3.56. The molecule has 1 aliphatic rings. The number of hydrogen-bond donors (Lipinski definition) is 0. The Kier molecular flexibility index (Phi) is 7.04. The molecule has 1 heterocycles. The van der Waals surface area contributed by atoms with Gasteiger partial charge in [0.25, 0.3) is 0 Å². The topological polar surface area (TPSA) is 43.6 Å². The molecule has 0 amide bonds. The molecule has 0 atom stereocenters. The highest BCUT2D eigenvalue weighted by Gasteiger charge is 2.41. The van der Waals surface area contributed by atoms with Crippen molar-refractivity contribution in [2.75, 3.05) is 4.90 Å². The molecule has 168 valence electrons. The maximum atomic E-state index is 5.08. The minimum atomic E-state index is 0.105. The van der Waals surface area contributed by atoms with Crippen LogP contribution in [0.15, 0.2) is 104 Å². The maximum Gasteiger partial charge on any atom is 0.213 e. The average molecular weight is 502 g/mol. The van der Waals surface area contributed by atoms with Crippen LogP contribution < -0.4 is 4.90 Å². The van der Waals surface area contributed by atoms with Crippen LogP contribution in [0.3, 0.4) is 0 Å². The van der Waals surface area contributed by atoms with Gasteiger partial charge in [-0.2, -0.15) is 0 Å². The third-order valence-electron chi connectivity index (χ3n) is 5.01. The molecular weight excluding hydrogens is 474 g/mol. The van der Waals surface area contributed by atoms with E-state index in [4.69, 9.17) is 15.0 Å². The fourth-order valence-corrected chi connectivity index (χ4v) is 3.88. The number of amidine groups is 2.